The zero-order chi connectivity index (χ0) is 18.1. The van der Waals surface area contributed by atoms with E-state index in [2.05, 4.69) is 10.4 Å². The Kier molecular flexibility index (Phi) is 3.81. The first-order valence-electron chi connectivity index (χ1n) is 7.98. The van der Waals surface area contributed by atoms with Gasteiger partial charge in [0.1, 0.15) is 6.54 Å². The second kappa shape index (κ2) is 6.29. The Bertz CT molecular complexity index is 959. The maximum atomic E-state index is 12.5. The van der Waals surface area contributed by atoms with Crippen molar-refractivity contribution in [2.45, 2.75) is 6.54 Å². The van der Waals surface area contributed by atoms with E-state index in [-0.39, 0.29) is 24.3 Å². The minimum absolute atomic E-state index is 0.104. The number of carbonyl (C=O) groups excluding carboxylic acids is 3. The number of imide groups is 1. The van der Waals surface area contributed by atoms with Crippen LogP contribution in [0, 0.1) is 0 Å². The quantitative estimate of drug-likeness (QED) is 0.735. The molecule has 1 N–H and O–H groups in total. The molecule has 2 aromatic carbocycles. The standard InChI is InChI=1S/C19H14N4O3/c24-17(12-22-11-3-10-20-22)21-13-6-8-14(9-7-13)23-18(25)15-4-1-2-5-16(15)19(23)26/h1-11H,12H2,(H,21,24). The van der Waals surface area contributed by atoms with E-state index in [4.69, 9.17) is 0 Å². The van der Waals surface area contributed by atoms with Gasteiger partial charge in [0.05, 0.1) is 16.8 Å². The fraction of sp³-hybridized carbons (Fsp3) is 0.0526. The maximum absolute atomic E-state index is 12.5. The monoisotopic (exact) mass is 346 g/mol. The topological polar surface area (TPSA) is 84.3 Å². The van der Waals surface area contributed by atoms with Crippen LogP contribution >= 0.6 is 0 Å². The molecule has 2 heterocycles. The molecule has 7 heteroatoms. The summed E-state index contributed by atoms with van der Waals surface area (Å²) in [5, 5.41) is 6.72. The number of fused-ring (bicyclic) bond motifs is 1. The first-order chi connectivity index (χ1) is 12.6. The predicted molar refractivity (Wildman–Crippen MR) is 94.9 cm³/mol. The van der Waals surface area contributed by atoms with E-state index in [9.17, 15) is 14.4 Å². The van der Waals surface area contributed by atoms with E-state index in [0.29, 0.717) is 22.5 Å². The molecule has 0 radical (unpaired) electrons. The lowest BCUT2D eigenvalue weighted by atomic mass is 10.1. The Hall–Kier alpha value is -3.74. The van der Waals surface area contributed by atoms with Crippen LogP contribution in [-0.4, -0.2) is 27.5 Å². The van der Waals surface area contributed by atoms with Crippen LogP contribution < -0.4 is 10.2 Å². The molecule has 0 fully saturated rings. The number of amides is 3. The van der Waals surface area contributed by atoms with Crippen molar-refractivity contribution in [1.29, 1.82) is 0 Å². The smallest absolute Gasteiger partial charge is 0.266 e. The average Bonchev–Trinajstić information content (AvgIpc) is 3.24. The van der Waals surface area contributed by atoms with Crippen molar-refractivity contribution < 1.29 is 14.4 Å². The van der Waals surface area contributed by atoms with E-state index in [1.54, 1.807) is 67.0 Å². The maximum Gasteiger partial charge on any atom is 0.266 e. The average molecular weight is 346 g/mol. The second-order valence-electron chi connectivity index (χ2n) is 5.79. The van der Waals surface area contributed by atoms with Gasteiger partial charge in [0, 0.05) is 18.1 Å². The molecular formula is C19H14N4O3. The lowest BCUT2D eigenvalue weighted by Gasteiger charge is -2.14. The number of nitrogens with zero attached hydrogens (tertiary/aromatic N) is 3. The van der Waals surface area contributed by atoms with Crippen LogP contribution in [0.3, 0.4) is 0 Å². The zero-order valence-electron chi connectivity index (χ0n) is 13.6. The van der Waals surface area contributed by atoms with E-state index < -0.39 is 0 Å². The molecular weight excluding hydrogens is 332 g/mol. The summed E-state index contributed by atoms with van der Waals surface area (Å²) in [5.41, 5.74) is 1.83. The first-order valence-corrected chi connectivity index (χ1v) is 7.98. The zero-order valence-corrected chi connectivity index (χ0v) is 13.6. The van der Waals surface area contributed by atoms with Gasteiger partial charge in [-0.1, -0.05) is 12.1 Å². The Morgan fingerprint density at radius 2 is 1.58 bits per heavy atom. The van der Waals surface area contributed by atoms with Crippen molar-refractivity contribution in [2.24, 2.45) is 0 Å². The molecule has 4 rings (SSSR count). The molecule has 7 nitrogen and oxygen atoms in total. The molecule has 0 saturated carbocycles. The molecule has 1 aliphatic rings. The Balaban J connectivity index is 1.49. The minimum atomic E-state index is -0.346. The van der Waals surface area contributed by atoms with Crippen molar-refractivity contribution in [3.05, 3.63) is 78.1 Å². The molecule has 0 unspecified atom stereocenters. The number of benzene rings is 2. The molecule has 0 spiro atoms. The fourth-order valence-corrected chi connectivity index (χ4v) is 2.86. The summed E-state index contributed by atoms with van der Waals surface area (Å²) in [7, 11) is 0. The molecule has 3 amide bonds. The van der Waals surface area contributed by atoms with Crippen LogP contribution in [0.25, 0.3) is 0 Å². The third kappa shape index (κ3) is 2.75. The molecule has 0 atom stereocenters. The Morgan fingerprint density at radius 1 is 0.923 bits per heavy atom. The summed E-state index contributed by atoms with van der Waals surface area (Å²) in [6.07, 6.45) is 3.30. The van der Waals surface area contributed by atoms with E-state index >= 15 is 0 Å². The highest BCUT2D eigenvalue weighted by Crippen LogP contribution is 2.28. The van der Waals surface area contributed by atoms with Gasteiger partial charge in [-0.25, -0.2) is 4.90 Å². The highest BCUT2D eigenvalue weighted by molar-refractivity contribution is 6.34. The Labute approximate surface area is 148 Å². The summed E-state index contributed by atoms with van der Waals surface area (Å²) >= 11 is 0. The van der Waals surface area contributed by atoms with Gasteiger partial charge in [0.25, 0.3) is 11.8 Å². The van der Waals surface area contributed by atoms with Crippen LogP contribution in [-0.2, 0) is 11.3 Å². The number of nitrogens with one attached hydrogen (secondary N) is 1. The number of hydrogen-bond acceptors (Lipinski definition) is 4. The van der Waals surface area contributed by atoms with Gasteiger partial charge >= 0.3 is 0 Å². The third-order valence-electron chi connectivity index (χ3n) is 4.07. The van der Waals surface area contributed by atoms with Crippen LogP contribution in [0.2, 0.25) is 0 Å². The van der Waals surface area contributed by atoms with Crippen LogP contribution in [0.15, 0.2) is 67.0 Å². The summed E-state index contributed by atoms with van der Waals surface area (Å²) in [4.78, 5) is 38.1. The summed E-state index contributed by atoms with van der Waals surface area (Å²) in [6.45, 7) is 0.104. The van der Waals surface area contributed by atoms with E-state index in [1.165, 1.54) is 4.68 Å². The molecule has 0 bridgehead atoms. The van der Waals surface area contributed by atoms with Gasteiger partial charge in [-0.2, -0.15) is 5.10 Å². The molecule has 1 aliphatic heterocycles. The van der Waals surface area contributed by atoms with E-state index in [1.807, 2.05) is 0 Å². The fourth-order valence-electron chi connectivity index (χ4n) is 2.86. The van der Waals surface area contributed by atoms with Gasteiger partial charge in [-0.05, 0) is 42.5 Å². The van der Waals surface area contributed by atoms with Crippen molar-refractivity contribution in [3.8, 4) is 0 Å². The van der Waals surface area contributed by atoms with Crippen molar-refractivity contribution in [1.82, 2.24) is 9.78 Å². The van der Waals surface area contributed by atoms with Crippen LogP contribution in [0.1, 0.15) is 20.7 Å². The summed E-state index contributed by atoms with van der Waals surface area (Å²) < 4.78 is 1.52. The first kappa shape index (κ1) is 15.8. The van der Waals surface area contributed by atoms with Crippen LogP contribution in [0.4, 0.5) is 11.4 Å². The Morgan fingerprint density at radius 3 is 2.15 bits per heavy atom. The van der Waals surface area contributed by atoms with Crippen molar-refractivity contribution >= 4 is 29.1 Å². The predicted octanol–water partition coefficient (Wildman–Crippen LogP) is 2.32. The van der Waals surface area contributed by atoms with Gasteiger partial charge in [-0.15, -0.1) is 0 Å². The van der Waals surface area contributed by atoms with Gasteiger partial charge in [0.2, 0.25) is 5.91 Å². The van der Waals surface area contributed by atoms with Crippen molar-refractivity contribution in [2.75, 3.05) is 10.2 Å². The largest absolute Gasteiger partial charge is 0.324 e. The van der Waals surface area contributed by atoms with Gasteiger partial charge in [-0.3, -0.25) is 19.1 Å². The molecule has 26 heavy (non-hydrogen) atoms. The van der Waals surface area contributed by atoms with Crippen molar-refractivity contribution in [3.63, 3.8) is 0 Å². The molecule has 0 saturated heterocycles. The highest BCUT2D eigenvalue weighted by Gasteiger charge is 2.36. The number of aromatic nitrogens is 2. The van der Waals surface area contributed by atoms with E-state index in [0.717, 1.165) is 4.90 Å². The highest BCUT2D eigenvalue weighted by atomic mass is 16.2. The lowest BCUT2D eigenvalue weighted by molar-refractivity contribution is -0.116. The molecule has 128 valence electrons. The molecule has 3 aromatic rings. The normalized spacial score (nSPS) is 13.0. The summed E-state index contributed by atoms with van der Waals surface area (Å²) in [6, 6.07) is 15.0. The number of hydrogen-bond donors (Lipinski definition) is 1. The van der Waals surface area contributed by atoms with Gasteiger partial charge < -0.3 is 5.32 Å². The second-order valence-corrected chi connectivity index (χ2v) is 5.79. The SMILES string of the molecule is O=C(Cn1cccn1)Nc1ccc(N2C(=O)c3ccccc3C2=O)cc1. The minimum Gasteiger partial charge on any atom is -0.324 e. The molecule has 1 aromatic heterocycles. The number of carbonyl (C=O) groups is 3. The number of anilines is 2. The summed E-state index contributed by atoms with van der Waals surface area (Å²) in [5.74, 6) is -0.913. The van der Waals surface area contributed by atoms with Crippen LogP contribution in [0.5, 0.6) is 0 Å². The molecule has 0 aliphatic carbocycles. The lowest BCUT2D eigenvalue weighted by Crippen LogP contribution is -2.29. The number of rotatable bonds is 4. The van der Waals surface area contributed by atoms with Gasteiger partial charge in [0.15, 0.2) is 0 Å². The third-order valence-corrected chi connectivity index (χ3v) is 4.07.